The van der Waals surface area contributed by atoms with Crippen molar-refractivity contribution in [2.24, 2.45) is 0 Å². The second kappa shape index (κ2) is 10.0. The van der Waals surface area contributed by atoms with Gasteiger partial charge in [-0.25, -0.2) is 0 Å². The molecule has 5 heteroatoms. The monoisotopic (exact) mass is 385 g/mol. The standard InChI is InChI=1S/C22H31N3OS/c1-18(2)20-7-5-19(6-8-20)16-24-11-13-25(14-12-24)17-22(26)23-10-9-21-4-3-15-27-21/h3-8,15,18H,9-14,16-17H2,1-2H3,(H,23,26). The normalized spacial score (nSPS) is 16.0. The predicted octanol–water partition coefficient (Wildman–Crippen LogP) is 3.35. The van der Waals surface area contributed by atoms with E-state index in [2.05, 4.69) is 70.7 Å². The van der Waals surface area contributed by atoms with Crippen LogP contribution in [0.5, 0.6) is 0 Å². The molecule has 1 aromatic carbocycles. The molecule has 1 aromatic heterocycles. The van der Waals surface area contributed by atoms with Gasteiger partial charge in [-0.1, -0.05) is 44.2 Å². The van der Waals surface area contributed by atoms with Crippen molar-refractivity contribution in [2.45, 2.75) is 32.7 Å². The molecule has 2 aromatic rings. The zero-order chi connectivity index (χ0) is 19.1. The van der Waals surface area contributed by atoms with Crippen LogP contribution in [0.15, 0.2) is 41.8 Å². The fraction of sp³-hybridized carbons (Fsp3) is 0.500. The molecule has 1 aliphatic rings. The molecule has 1 N–H and O–H groups in total. The van der Waals surface area contributed by atoms with Crippen LogP contribution in [0.4, 0.5) is 0 Å². The number of amides is 1. The maximum atomic E-state index is 12.1. The zero-order valence-electron chi connectivity index (χ0n) is 16.5. The Labute approximate surface area is 167 Å². The Morgan fingerprint density at radius 2 is 1.78 bits per heavy atom. The van der Waals surface area contributed by atoms with E-state index in [9.17, 15) is 4.79 Å². The second-order valence-electron chi connectivity index (χ2n) is 7.63. The lowest BCUT2D eigenvalue weighted by Crippen LogP contribution is -2.49. The number of hydrogen-bond donors (Lipinski definition) is 1. The molecule has 0 aliphatic carbocycles. The molecular formula is C22H31N3OS. The first-order valence-corrected chi connectivity index (χ1v) is 10.8. The third-order valence-corrected chi connectivity index (χ3v) is 6.09. The van der Waals surface area contributed by atoms with Crippen molar-refractivity contribution in [3.05, 3.63) is 57.8 Å². The van der Waals surface area contributed by atoms with E-state index in [0.717, 1.165) is 45.7 Å². The quantitative estimate of drug-likeness (QED) is 0.757. The Morgan fingerprint density at radius 3 is 2.41 bits per heavy atom. The van der Waals surface area contributed by atoms with Gasteiger partial charge < -0.3 is 5.32 Å². The molecule has 1 fully saturated rings. The summed E-state index contributed by atoms with van der Waals surface area (Å²) >= 11 is 1.75. The number of piperazine rings is 1. The number of nitrogens with zero attached hydrogens (tertiary/aromatic N) is 2. The minimum atomic E-state index is 0.143. The number of nitrogens with one attached hydrogen (secondary N) is 1. The van der Waals surface area contributed by atoms with Crippen LogP contribution in [-0.4, -0.2) is 55.0 Å². The fourth-order valence-electron chi connectivity index (χ4n) is 3.41. The van der Waals surface area contributed by atoms with Gasteiger partial charge in [0.1, 0.15) is 0 Å². The second-order valence-corrected chi connectivity index (χ2v) is 8.66. The van der Waals surface area contributed by atoms with E-state index < -0.39 is 0 Å². The summed E-state index contributed by atoms with van der Waals surface area (Å²) in [7, 11) is 0. The fourth-order valence-corrected chi connectivity index (χ4v) is 4.12. The molecule has 1 saturated heterocycles. The Morgan fingerprint density at radius 1 is 1.07 bits per heavy atom. The summed E-state index contributed by atoms with van der Waals surface area (Å²) in [6.07, 6.45) is 0.923. The third-order valence-electron chi connectivity index (χ3n) is 5.16. The summed E-state index contributed by atoms with van der Waals surface area (Å²) in [5.41, 5.74) is 2.77. The molecule has 0 saturated carbocycles. The first-order valence-electron chi connectivity index (χ1n) is 9.93. The molecule has 0 spiro atoms. The number of benzene rings is 1. The number of rotatable bonds is 8. The summed E-state index contributed by atoms with van der Waals surface area (Å²) in [5.74, 6) is 0.725. The van der Waals surface area contributed by atoms with Crippen molar-refractivity contribution in [1.29, 1.82) is 0 Å². The summed E-state index contributed by atoms with van der Waals surface area (Å²) in [6, 6.07) is 13.2. The summed E-state index contributed by atoms with van der Waals surface area (Å²) in [5, 5.41) is 5.12. The smallest absolute Gasteiger partial charge is 0.234 e. The number of hydrogen-bond acceptors (Lipinski definition) is 4. The summed E-state index contributed by atoms with van der Waals surface area (Å²) in [4.78, 5) is 18.2. The van der Waals surface area contributed by atoms with Gasteiger partial charge in [-0.3, -0.25) is 14.6 Å². The van der Waals surface area contributed by atoms with Gasteiger partial charge in [-0.2, -0.15) is 0 Å². The van der Waals surface area contributed by atoms with Gasteiger partial charge in [0.05, 0.1) is 6.54 Å². The van der Waals surface area contributed by atoms with Crippen LogP contribution in [0, 0.1) is 0 Å². The van der Waals surface area contributed by atoms with Crippen LogP contribution in [0.2, 0.25) is 0 Å². The van der Waals surface area contributed by atoms with Crippen molar-refractivity contribution < 1.29 is 4.79 Å². The van der Waals surface area contributed by atoms with Crippen LogP contribution in [0.25, 0.3) is 0 Å². The van der Waals surface area contributed by atoms with Crippen molar-refractivity contribution in [3.8, 4) is 0 Å². The molecule has 4 nitrogen and oxygen atoms in total. The van der Waals surface area contributed by atoms with E-state index in [1.165, 1.54) is 16.0 Å². The first-order chi connectivity index (χ1) is 13.1. The van der Waals surface area contributed by atoms with Crippen molar-refractivity contribution >= 4 is 17.2 Å². The van der Waals surface area contributed by atoms with Crippen LogP contribution < -0.4 is 5.32 Å². The van der Waals surface area contributed by atoms with Crippen LogP contribution in [0.3, 0.4) is 0 Å². The lowest BCUT2D eigenvalue weighted by atomic mass is 10.0. The molecule has 146 valence electrons. The number of thiophene rings is 1. The van der Waals surface area contributed by atoms with E-state index in [4.69, 9.17) is 0 Å². The molecular weight excluding hydrogens is 354 g/mol. The highest BCUT2D eigenvalue weighted by Crippen LogP contribution is 2.16. The molecule has 27 heavy (non-hydrogen) atoms. The highest BCUT2D eigenvalue weighted by atomic mass is 32.1. The van der Waals surface area contributed by atoms with Gasteiger partial charge >= 0.3 is 0 Å². The maximum absolute atomic E-state index is 12.1. The minimum absolute atomic E-state index is 0.143. The van der Waals surface area contributed by atoms with Gasteiger partial charge in [-0.05, 0) is 34.9 Å². The highest BCUT2D eigenvalue weighted by molar-refractivity contribution is 7.09. The number of carbonyl (C=O) groups is 1. The van der Waals surface area contributed by atoms with E-state index in [-0.39, 0.29) is 5.91 Å². The van der Waals surface area contributed by atoms with E-state index >= 15 is 0 Å². The largest absolute Gasteiger partial charge is 0.355 e. The molecule has 2 heterocycles. The summed E-state index contributed by atoms with van der Waals surface area (Å²) < 4.78 is 0. The van der Waals surface area contributed by atoms with Gasteiger partial charge in [-0.15, -0.1) is 11.3 Å². The minimum Gasteiger partial charge on any atom is -0.355 e. The lowest BCUT2D eigenvalue weighted by molar-refractivity contribution is -0.122. The third kappa shape index (κ3) is 6.45. The SMILES string of the molecule is CC(C)c1ccc(CN2CCN(CC(=O)NCCc3cccs3)CC2)cc1. The first kappa shape index (κ1) is 20.1. The zero-order valence-corrected chi connectivity index (χ0v) is 17.3. The maximum Gasteiger partial charge on any atom is 0.234 e. The van der Waals surface area contributed by atoms with Crippen molar-refractivity contribution in [3.63, 3.8) is 0 Å². The Hall–Kier alpha value is -1.69. The van der Waals surface area contributed by atoms with Gasteiger partial charge in [0, 0.05) is 44.1 Å². The van der Waals surface area contributed by atoms with Crippen molar-refractivity contribution in [2.75, 3.05) is 39.3 Å². The molecule has 0 bridgehead atoms. The van der Waals surface area contributed by atoms with Crippen molar-refractivity contribution in [1.82, 2.24) is 15.1 Å². The molecule has 0 atom stereocenters. The molecule has 1 amide bonds. The Bertz CT molecular complexity index is 689. The molecule has 1 aliphatic heterocycles. The highest BCUT2D eigenvalue weighted by Gasteiger charge is 2.19. The van der Waals surface area contributed by atoms with Gasteiger partial charge in [0.2, 0.25) is 5.91 Å². The lowest BCUT2D eigenvalue weighted by Gasteiger charge is -2.34. The molecule has 0 unspecified atom stereocenters. The topological polar surface area (TPSA) is 35.6 Å². The van der Waals surface area contributed by atoms with Crippen LogP contribution in [0.1, 0.15) is 35.8 Å². The molecule has 3 rings (SSSR count). The molecule has 0 radical (unpaired) electrons. The van der Waals surface area contributed by atoms with Gasteiger partial charge in [0.25, 0.3) is 0 Å². The summed E-state index contributed by atoms with van der Waals surface area (Å²) in [6.45, 7) is 10.7. The van der Waals surface area contributed by atoms with E-state index in [1.54, 1.807) is 11.3 Å². The average molecular weight is 386 g/mol. The van der Waals surface area contributed by atoms with E-state index in [1.807, 2.05) is 0 Å². The number of carbonyl (C=O) groups excluding carboxylic acids is 1. The Kier molecular flexibility index (Phi) is 7.44. The van der Waals surface area contributed by atoms with Gasteiger partial charge in [0.15, 0.2) is 0 Å². The average Bonchev–Trinajstić information content (AvgIpc) is 3.17. The van der Waals surface area contributed by atoms with Crippen LogP contribution in [-0.2, 0) is 17.8 Å². The predicted molar refractivity (Wildman–Crippen MR) is 113 cm³/mol. The van der Waals surface area contributed by atoms with E-state index in [0.29, 0.717) is 12.5 Å². The Balaban J connectivity index is 1.34. The van der Waals surface area contributed by atoms with Crippen LogP contribution >= 0.6 is 11.3 Å².